The van der Waals surface area contributed by atoms with Gasteiger partial charge in [-0.05, 0) is 0 Å². The van der Waals surface area contributed by atoms with Crippen LogP contribution in [0.3, 0.4) is 0 Å². The SMILES string of the molecule is CC[As]1(C(C)C)c2ccccc2Oc2ccccc21. The van der Waals surface area contributed by atoms with Crippen LogP contribution in [0.1, 0.15) is 20.8 Å². The van der Waals surface area contributed by atoms with Crippen LogP contribution in [0.4, 0.5) is 0 Å². The molecule has 0 fully saturated rings. The topological polar surface area (TPSA) is 9.23 Å². The van der Waals surface area contributed by atoms with E-state index in [0.717, 1.165) is 11.5 Å². The van der Waals surface area contributed by atoms with Crippen LogP contribution in [0, 0.1) is 0 Å². The second-order valence-corrected chi connectivity index (χ2v) is 14.5. The Bertz CT molecular complexity index is 558. The van der Waals surface area contributed by atoms with Crippen molar-refractivity contribution in [3.8, 4) is 11.5 Å². The number of fused-ring (bicyclic) bond motifs is 2. The summed E-state index contributed by atoms with van der Waals surface area (Å²) >= 11 is -2.12. The Hall–Kier alpha value is -1.20. The zero-order chi connectivity index (χ0) is 13.5. The van der Waals surface area contributed by atoms with E-state index in [1.807, 2.05) is 0 Å². The molecule has 0 unspecified atom stereocenters. The Morgan fingerprint density at radius 2 is 1.37 bits per heavy atom. The molecule has 99 valence electrons. The van der Waals surface area contributed by atoms with Crippen molar-refractivity contribution in [2.45, 2.75) is 30.7 Å². The van der Waals surface area contributed by atoms with Gasteiger partial charge in [0.1, 0.15) is 0 Å². The third kappa shape index (κ3) is 1.75. The van der Waals surface area contributed by atoms with E-state index >= 15 is 0 Å². The number of ether oxygens (including phenoxy) is 1. The Balaban J connectivity index is 2.33. The van der Waals surface area contributed by atoms with Crippen molar-refractivity contribution < 1.29 is 4.74 Å². The molecule has 0 N–H and O–H groups in total. The van der Waals surface area contributed by atoms with Crippen LogP contribution in [0.25, 0.3) is 0 Å². The number of rotatable bonds is 2. The first-order valence-corrected chi connectivity index (χ1v) is 11.2. The van der Waals surface area contributed by atoms with Crippen LogP contribution in [0.2, 0.25) is 9.91 Å². The van der Waals surface area contributed by atoms with Gasteiger partial charge in [-0.1, -0.05) is 0 Å². The molecule has 1 heterocycles. The monoisotopic (exact) mass is 315 g/mol. The van der Waals surface area contributed by atoms with Gasteiger partial charge >= 0.3 is 118 Å². The molecule has 0 aromatic heterocycles. The van der Waals surface area contributed by atoms with Gasteiger partial charge in [0.05, 0.1) is 0 Å². The van der Waals surface area contributed by atoms with Crippen molar-refractivity contribution in [3.63, 3.8) is 0 Å². The van der Waals surface area contributed by atoms with Crippen molar-refractivity contribution in [1.29, 1.82) is 0 Å². The third-order valence-electron chi connectivity index (χ3n) is 4.19. The Morgan fingerprint density at radius 1 is 0.895 bits per heavy atom. The first kappa shape index (κ1) is 12.8. The van der Waals surface area contributed by atoms with Gasteiger partial charge in [0.15, 0.2) is 0 Å². The van der Waals surface area contributed by atoms with E-state index in [-0.39, 0.29) is 0 Å². The zero-order valence-electron chi connectivity index (χ0n) is 11.8. The quantitative estimate of drug-likeness (QED) is 0.766. The minimum atomic E-state index is -2.12. The van der Waals surface area contributed by atoms with Crippen LogP contribution >= 0.6 is 0 Å². The third-order valence-corrected chi connectivity index (χ3v) is 15.1. The second kappa shape index (κ2) is 4.72. The maximum atomic E-state index is 6.13. The van der Waals surface area contributed by atoms with Gasteiger partial charge in [-0.25, -0.2) is 0 Å². The molecule has 1 aliphatic heterocycles. The van der Waals surface area contributed by atoms with Gasteiger partial charge in [-0.3, -0.25) is 0 Å². The Kier molecular flexibility index (Phi) is 3.18. The van der Waals surface area contributed by atoms with Gasteiger partial charge in [0.2, 0.25) is 0 Å². The summed E-state index contributed by atoms with van der Waals surface area (Å²) in [6.07, 6.45) is 0. The predicted octanol–water partition coefficient (Wildman–Crippen LogP) is 3.79. The predicted molar refractivity (Wildman–Crippen MR) is 83.6 cm³/mol. The average molecular weight is 315 g/mol. The van der Waals surface area contributed by atoms with E-state index in [1.165, 1.54) is 13.9 Å². The number of benzene rings is 2. The normalized spacial score (nSPS) is 15.6. The van der Waals surface area contributed by atoms with Gasteiger partial charge in [0, 0.05) is 0 Å². The number of para-hydroxylation sites is 2. The molecule has 2 heteroatoms. The summed E-state index contributed by atoms with van der Waals surface area (Å²) in [6.45, 7) is 7.12. The van der Waals surface area contributed by atoms with E-state index in [1.54, 1.807) is 0 Å². The van der Waals surface area contributed by atoms with Crippen LogP contribution < -0.4 is 13.4 Å². The summed E-state index contributed by atoms with van der Waals surface area (Å²) in [4.78, 5) is 0. The average Bonchev–Trinajstić information content (AvgIpc) is 2.44. The van der Waals surface area contributed by atoms with E-state index in [2.05, 4.69) is 69.3 Å². The van der Waals surface area contributed by atoms with Gasteiger partial charge < -0.3 is 0 Å². The minimum absolute atomic E-state index is 0.703. The summed E-state index contributed by atoms with van der Waals surface area (Å²) < 4.78 is 9.82. The first-order chi connectivity index (χ1) is 9.20. The van der Waals surface area contributed by atoms with Crippen molar-refractivity contribution in [3.05, 3.63) is 48.5 Å². The molecule has 0 bridgehead atoms. The van der Waals surface area contributed by atoms with Crippen molar-refractivity contribution >= 4 is 22.3 Å². The summed E-state index contributed by atoms with van der Waals surface area (Å²) in [6, 6.07) is 17.3. The first-order valence-electron chi connectivity index (χ1n) is 6.95. The van der Waals surface area contributed by atoms with E-state index in [4.69, 9.17) is 4.74 Å². The molecule has 3 rings (SSSR count). The zero-order valence-corrected chi connectivity index (χ0v) is 13.6. The van der Waals surface area contributed by atoms with Crippen LogP contribution in [0.5, 0.6) is 11.5 Å². The van der Waals surface area contributed by atoms with Crippen LogP contribution in [-0.2, 0) is 0 Å². The van der Waals surface area contributed by atoms with E-state index in [0.29, 0.717) is 4.71 Å². The molecular formula is C17H20AsO. The number of hydrogen-bond donors (Lipinski definition) is 0. The molecule has 0 saturated carbocycles. The molecule has 1 radical (unpaired) electrons. The molecule has 19 heavy (non-hydrogen) atoms. The standard InChI is InChI=1S/C17H20AsO/c1-4-18(13(2)3)14-9-5-7-11-16(14)19-17-12-8-6-10-15(17)18/h5-13H,4H2,1-3H3. The molecule has 0 atom stereocenters. The van der Waals surface area contributed by atoms with Crippen LogP contribution in [-0.4, -0.2) is 13.6 Å². The Morgan fingerprint density at radius 3 is 1.79 bits per heavy atom. The maximum absolute atomic E-state index is 6.13. The number of hydrogen-bond acceptors (Lipinski definition) is 1. The van der Waals surface area contributed by atoms with Crippen molar-refractivity contribution in [2.24, 2.45) is 0 Å². The molecule has 2 aromatic rings. The van der Waals surface area contributed by atoms with Gasteiger partial charge in [0.25, 0.3) is 0 Å². The molecule has 0 spiro atoms. The van der Waals surface area contributed by atoms with Crippen LogP contribution in [0.15, 0.2) is 48.5 Å². The second-order valence-electron chi connectivity index (χ2n) is 5.32. The van der Waals surface area contributed by atoms with Crippen molar-refractivity contribution in [2.75, 3.05) is 0 Å². The fraction of sp³-hybridized carbons (Fsp3) is 0.294. The summed E-state index contributed by atoms with van der Waals surface area (Å²) in [5.41, 5.74) is 0. The molecule has 0 amide bonds. The van der Waals surface area contributed by atoms with Gasteiger partial charge in [-0.15, -0.1) is 0 Å². The van der Waals surface area contributed by atoms with Gasteiger partial charge in [-0.2, -0.15) is 0 Å². The molecule has 0 aliphatic carbocycles. The van der Waals surface area contributed by atoms with E-state index < -0.39 is 13.6 Å². The fourth-order valence-electron chi connectivity index (χ4n) is 3.26. The molecule has 1 nitrogen and oxygen atoms in total. The molecule has 1 aliphatic rings. The van der Waals surface area contributed by atoms with E-state index in [9.17, 15) is 0 Å². The molecular weight excluding hydrogens is 295 g/mol. The summed E-state index contributed by atoms with van der Waals surface area (Å²) in [7, 11) is 0. The fourth-order valence-corrected chi connectivity index (χ4v) is 12.7. The summed E-state index contributed by atoms with van der Waals surface area (Å²) in [5, 5.41) is 1.26. The summed E-state index contributed by atoms with van der Waals surface area (Å²) in [5.74, 6) is 2.17. The molecule has 2 aromatic carbocycles. The Labute approximate surface area is 118 Å². The molecule has 0 saturated heterocycles. The van der Waals surface area contributed by atoms with Crippen molar-refractivity contribution in [1.82, 2.24) is 0 Å².